The third kappa shape index (κ3) is 4.40. The number of nitrogens with one attached hydrogen (secondary N) is 1. The van der Waals surface area contributed by atoms with Gasteiger partial charge in [-0.1, -0.05) is 41.0 Å². The molecule has 0 radical (unpaired) electrons. The van der Waals surface area contributed by atoms with E-state index in [4.69, 9.17) is 4.43 Å². The SMILES string of the molecule is CC(O)(C1CCCCN1)[C@H]1CC[C@H]2[C@@H]3CC[C@H]4C[C@@H](O[Si](C)(C)C(C)(C)C)CC[C@]4(C)[C@H]3CC[C@]12C. The third-order valence-corrected chi connectivity index (χ3v) is 18.1. The standard InChI is InChI=1S/C32H59NO2Si/c1-29(2,3)36(7,8)35-23-16-18-30(4)22(21-23)12-13-24-25-14-15-27(31(25,5)19-17-26(24)30)32(6,34)28-11-9-10-20-33-28/h22-28,33-34H,9-21H2,1-8H3/t22-,23-,24-,25-,26-,27-,28?,30-,31-,32?/m0/s1. The third-order valence-electron chi connectivity index (χ3n) is 13.6. The van der Waals surface area contributed by atoms with Crippen molar-refractivity contribution in [2.45, 2.75) is 154 Å². The minimum absolute atomic E-state index is 0.286. The molecule has 4 saturated carbocycles. The first-order valence-corrected chi connectivity index (χ1v) is 18.7. The highest BCUT2D eigenvalue weighted by Gasteiger charge is 2.63. The van der Waals surface area contributed by atoms with Crippen molar-refractivity contribution in [3.05, 3.63) is 0 Å². The van der Waals surface area contributed by atoms with E-state index in [1.54, 1.807) is 0 Å². The van der Waals surface area contributed by atoms with Crippen molar-refractivity contribution in [3.8, 4) is 0 Å². The molecular formula is C32H59NO2Si. The Morgan fingerprint density at radius 2 is 1.53 bits per heavy atom. The fraction of sp³-hybridized carbons (Fsp3) is 1.00. The van der Waals surface area contributed by atoms with E-state index in [0.717, 1.165) is 36.6 Å². The van der Waals surface area contributed by atoms with Crippen LogP contribution in [0, 0.1) is 40.4 Å². The van der Waals surface area contributed by atoms with E-state index in [2.05, 4.69) is 60.0 Å². The average Bonchev–Trinajstić information content (AvgIpc) is 3.17. The summed E-state index contributed by atoms with van der Waals surface area (Å²) in [6.07, 6.45) is 16.3. The van der Waals surface area contributed by atoms with Crippen LogP contribution in [0.15, 0.2) is 0 Å². The van der Waals surface area contributed by atoms with E-state index >= 15 is 0 Å². The summed E-state index contributed by atoms with van der Waals surface area (Å²) < 4.78 is 6.97. The first-order valence-electron chi connectivity index (χ1n) is 15.8. The molecule has 1 aliphatic heterocycles. The van der Waals surface area contributed by atoms with Crippen LogP contribution in [-0.2, 0) is 4.43 Å². The van der Waals surface area contributed by atoms with Crippen LogP contribution in [0.3, 0.4) is 0 Å². The topological polar surface area (TPSA) is 41.5 Å². The van der Waals surface area contributed by atoms with E-state index in [0.29, 0.717) is 27.9 Å². The molecule has 10 atom stereocenters. The normalized spacial score (nSPS) is 47.4. The molecule has 5 aliphatic rings. The smallest absolute Gasteiger partial charge is 0.192 e. The average molecular weight is 518 g/mol. The van der Waals surface area contributed by atoms with Crippen molar-refractivity contribution in [3.63, 3.8) is 0 Å². The monoisotopic (exact) mass is 517 g/mol. The Balaban J connectivity index is 1.29. The van der Waals surface area contributed by atoms with Gasteiger partial charge in [-0.2, -0.15) is 0 Å². The second kappa shape index (κ2) is 9.34. The summed E-state index contributed by atoms with van der Waals surface area (Å²) in [4.78, 5) is 0. The zero-order chi connectivity index (χ0) is 26.1. The van der Waals surface area contributed by atoms with Crippen LogP contribution < -0.4 is 5.32 Å². The molecule has 5 fully saturated rings. The predicted octanol–water partition coefficient (Wildman–Crippen LogP) is 7.93. The van der Waals surface area contributed by atoms with Gasteiger partial charge in [0.25, 0.3) is 0 Å². The van der Waals surface area contributed by atoms with Gasteiger partial charge in [-0.25, -0.2) is 0 Å². The lowest BCUT2D eigenvalue weighted by Gasteiger charge is -2.62. The van der Waals surface area contributed by atoms with Gasteiger partial charge in [0.15, 0.2) is 8.32 Å². The Morgan fingerprint density at radius 3 is 2.19 bits per heavy atom. The van der Waals surface area contributed by atoms with Gasteiger partial charge in [0.1, 0.15) is 0 Å². The zero-order valence-corrected chi connectivity index (χ0v) is 26.1. The lowest BCUT2D eigenvalue weighted by Crippen LogP contribution is -2.60. The van der Waals surface area contributed by atoms with Gasteiger partial charge in [-0.3, -0.25) is 0 Å². The van der Waals surface area contributed by atoms with E-state index in [9.17, 15) is 5.11 Å². The van der Waals surface area contributed by atoms with E-state index in [-0.39, 0.29) is 6.04 Å². The van der Waals surface area contributed by atoms with E-state index in [1.807, 2.05) is 0 Å². The summed E-state index contributed by atoms with van der Waals surface area (Å²) in [6, 6.07) is 0.286. The Labute approximate surface area is 224 Å². The molecule has 5 rings (SSSR count). The van der Waals surface area contributed by atoms with Crippen LogP contribution in [-0.4, -0.2) is 37.7 Å². The summed E-state index contributed by atoms with van der Waals surface area (Å²) in [5.74, 6) is 3.88. The maximum atomic E-state index is 12.0. The number of aliphatic hydroxyl groups is 1. The largest absolute Gasteiger partial charge is 0.414 e. The van der Waals surface area contributed by atoms with Crippen molar-refractivity contribution in [2.24, 2.45) is 40.4 Å². The van der Waals surface area contributed by atoms with E-state index in [1.165, 1.54) is 70.6 Å². The number of piperidine rings is 1. The zero-order valence-electron chi connectivity index (χ0n) is 25.1. The van der Waals surface area contributed by atoms with Gasteiger partial charge >= 0.3 is 0 Å². The summed E-state index contributed by atoms with van der Waals surface area (Å²) in [7, 11) is -1.70. The molecule has 0 bridgehead atoms. The van der Waals surface area contributed by atoms with Crippen LogP contribution in [0.1, 0.15) is 119 Å². The highest BCUT2D eigenvalue weighted by molar-refractivity contribution is 6.74. The summed E-state index contributed by atoms with van der Waals surface area (Å²) in [5.41, 5.74) is 0.246. The van der Waals surface area contributed by atoms with Gasteiger partial charge in [0.05, 0.1) is 5.60 Å². The van der Waals surface area contributed by atoms with Crippen molar-refractivity contribution in [2.75, 3.05) is 6.54 Å². The minimum Gasteiger partial charge on any atom is -0.414 e. The fourth-order valence-corrected chi connectivity index (χ4v) is 11.9. The van der Waals surface area contributed by atoms with Gasteiger partial charge in [-0.15, -0.1) is 0 Å². The lowest BCUT2D eigenvalue weighted by atomic mass is 9.44. The maximum Gasteiger partial charge on any atom is 0.192 e. The van der Waals surface area contributed by atoms with Gasteiger partial charge in [0.2, 0.25) is 0 Å². The first-order chi connectivity index (χ1) is 16.7. The van der Waals surface area contributed by atoms with Crippen LogP contribution >= 0.6 is 0 Å². The molecular weight excluding hydrogens is 458 g/mol. The van der Waals surface area contributed by atoms with Crippen molar-refractivity contribution in [1.29, 1.82) is 0 Å². The van der Waals surface area contributed by atoms with Crippen LogP contribution in [0.25, 0.3) is 0 Å². The molecule has 0 aromatic carbocycles. The Bertz CT molecular complexity index is 798. The second-order valence-corrected chi connectivity index (χ2v) is 21.1. The molecule has 0 aromatic heterocycles. The van der Waals surface area contributed by atoms with Gasteiger partial charge < -0.3 is 14.8 Å². The summed E-state index contributed by atoms with van der Waals surface area (Å²) in [6.45, 7) is 20.6. The molecule has 2 unspecified atom stereocenters. The first kappa shape index (κ1) is 27.7. The van der Waals surface area contributed by atoms with Gasteiger partial charge in [0, 0.05) is 12.1 Å². The minimum atomic E-state index is -1.70. The number of fused-ring (bicyclic) bond motifs is 5. The highest BCUT2D eigenvalue weighted by Crippen LogP contribution is 2.69. The molecule has 0 spiro atoms. The molecule has 3 nitrogen and oxygen atoms in total. The quantitative estimate of drug-likeness (QED) is 0.372. The summed E-state index contributed by atoms with van der Waals surface area (Å²) in [5, 5.41) is 16.0. The molecule has 2 N–H and O–H groups in total. The molecule has 36 heavy (non-hydrogen) atoms. The molecule has 0 aromatic rings. The second-order valence-electron chi connectivity index (χ2n) is 16.3. The van der Waals surface area contributed by atoms with Crippen LogP contribution in [0.5, 0.6) is 0 Å². The van der Waals surface area contributed by atoms with Crippen LogP contribution in [0.2, 0.25) is 18.1 Å². The molecule has 0 amide bonds. The van der Waals surface area contributed by atoms with Crippen LogP contribution in [0.4, 0.5) is 0 Å². The van der Waals surface area contributed by atoms with E-state index < -0.39 is 13.9 Å². The summed E-state index contributed by atoms with van der Waals surface area (Å²) >= 11 is 0. The Hall–Kier alpha value is 0.0969. The Morgan fingerprint density at radius 1 is 0.833 bits per heavy atom. The molecule has 1 heterocycles. The number of hydrogen-bond donors (Lipinski definition) is 2. The number of rotatable bonds is 4. The molecule has 1 saturated heterocycles. The van der Waals surface area contributed by atoms with Gasteiger partial charge in [-0.05, 0) is 143 Å². The highest BCUT2D eigenvalue weighted by atomic mass is 28.4. The predicted molar refractivity (Wildman–Crippen MR) is 154 cm³/mol. The molecule has 4 aliphatic carbocycles. The maximum absolute atomic E-state index is 12.0. The lowest BCUT2D eigenvalue weighted by molar-refractivity contribution is -0.148. The fourth-order valence-electron chi connectivity index (χ4n) is 10.5. The molecule has 208 valence electrons. The van der Waals surface area contributed by atoms with Crippen molar-refractivity contribution < 1.29 is 9.53 Å². The van der Waals surface area contributed by atoms with Crippen molar-refractivity contribution in [1.82, 2.24) is 5.32 Å². The number of hydrogen-bond acceptors (Lipinski definition) is 3. The van der Waals surface area contributed by atoms with Crippen molar-refractivity contribution >= 4 is 8.32 Å². The Kier molecular flexibility index (Phi) is 7.17. The molecule has 4 heteroatoms.